The number of carbonyl (C=O) groups excluding carboxylic acids is 1. The second-order valence-corrected chi connectivity index (χ2v) is 6.31. The first kappa shape index (κ1) is 18.3. The van der Waals surface area contributed by atoms with Gasteiger partial charge >= 0.3 is 12.0 Å². The van der Waals surface area contributed by atoms with Gasteiger partial charge in [-0.1, -0.05) is 43.2 Å². The molecule has 2 rings (SSSR count). The third kappa shape index (κ3) is 4.47. The first-order valence-electron chi connectivity index (χ1n) is 8.51. The number of benzene rings is 1. The second-order valence-electron chi connectivity index (χ2n) is 6.31. The van der Waals surface area contributed by atoms with Gasteiger partial charge in [-0.25, -0.2) is 4.79 Å². The zero-order chi connectivity index (χ0) is 17.5. The molecule has 2 amide bonds. The summed E-state index contributed by atoms with van der Waals surface area (Å²) in [6, 6.07) is 9.05. The lowest BCUT2D eigenvalue weighted by atomic mass is 10.00. The minimum absolute atomic E-state index is 0.0191. The van der Waals surface area contributed by atoms with Gasteiger partial charge in [-0.3, -0.25) is 4.79 Å². The molecule has 0 aromatic heterocycles. The molecule has 0 bridgehead atoms. The normalized spacial score (nSPS) is 21.6. The van der Waals surface area contributed by atoms with Gasteiger partial charge in [0, 0.05) is 6.42 Å². The standard InChI is InChI=1S/C18H26N2O4/c1-13-15(10-6-3-7-11-17(22)23)19-18(24)20(13)16(12-21)14-8-4-2-5-9-14/h2,4-5,8-9,13,15-16,21H,3,6-7,10-12H2,1H3,(H,19,24)(H,22,23)/t13-,15-,16+/m0/s1. The highest BCUT2D eigenvalue weighted by molar-refractivity contribution is 5.78. The predicted molar refractivity (Wildman–Crippen MR) is 90.6 cm³/mol. The fraction of sp³-hybridized carbons (Fsp3) is 0.556. The number of carboxylic acid groups (broad SMARTS) is 1. The van der Waals surface area contributed by atoms with E-state index in [2.05, 4.69) is 5.32 Å². The molecule has 1 saturated heterocycles. The largest absolute Gasteiger partial charge is 0.481 e. The Morgan fingerprint density at radius 2 is 1.96 bits per heavy atom. The van der Waals surface area contributed by atoms with Crippen molar-refractivity contribution in [3.63, 3.8) is 0 Å². The minimum atomic E-state index is -0.766. The van der Waals surface area contributed by atoms with E-state index in [-0.39, 0.29) is 37.2 Å². The Morgan fingerprint density at radius 1 is 1.25 bits per heavy atom. The number of unbranched alkanes of at least 4 members (excludes halogenated alkanes) is 2. The summed E-state index contributed by atoms with van der Waals surface area (Å²) in [5.41, 5.74) is 0.920. The van der Waals surface area contributed by atoms with E-state index in [4.69, 9.17) is 5.11 Å². The molecule has 0 spiro atoms. The number of amides is 2. The molecule has 6 nitrogen and oxygen atoms in total. The third-order valence-corrected chi connectivity index (χ3v) is 4.66. The lowest BCUT2D eigenvalue weighted by molar-refractivity contribution is -0.137. The van der Waals surface area contributed by atoms with Crippen LogP contribution in [-0.4, -0.2) is 45.8 Å². The molecule has 3 atom stereocenters. The summed E-state index contributed by atoms with van der Waals surface area (Å²) in [7, 11) is 0. The summed E-state index contributed by atoms with van der Waals surface area (Å²) >= 11 is 0. The molecule has 1 fully saturated rings. The molecule has 1 aliphatic rings. The fourth-order valence-corrected chi connectivity index (χ4v) is 3.32. The molecule has 0 saturated carbocycles. The zero-order valence-electron chi connectivity index (χ0n) is 14.0. The predicted octanol–water partition coefficient (Wildman–Crippen LogP) is 2.54. The van der Waals surface area contributed by atoms with Gasteiger partial charge in [0.25, 0.3) is 0 Å². The summed E-state index contributed by atoms with van der Waals surface area (Å²) in [5, 5.41) is 21.4. The SMILES string of the molecule is C[C@H]1[C@H](CCCCCC(=O)O)NC(=O)N1[C@H](CO)c1ccccc1. The van der Waals surface area contributed by atoms with Crippen molar-refractivity contribution in [3.8, 4) is 0 Å². The summed E-state index contributed by atoms with van der Waals surface area (Å²) in [6.07, 6.45) is 3.39. The molecule has 132 valence electrons. The Bertz CT molecular complexity index is 549. The quantitative estimate of drug-likeness (QED) is 0.605. The number of urea groups is 1. The number of hydrogen-bond donors (Lipinski definition) is 3. The van der Waals surface area contributed by atoms with Gasteiger partial charge in [0.2, 0.25) is 0 Å². The number of nitrogens with one attached hydrogen (secondary N) is 1. The number of hydrogen-bond acceptors (Lipinski definition) is 3. The Hall–Kier alpha value is -2.08. The first-order valence-corrected chi connectivity index (χ1v) is 8.51. The van der Waals surface area contributed by atoms with Gasteiger partial charge in [-0.05, 0) is 25.3 Å². The molecule has 6 heteroatoms. The van der Waals surface area contributed by atoms with Crippen molar-refractivity contribution in [3.05, 3.63) is 35.9 Å². The topological polar surface area (TPSA) is 89.9 Å². The third-order valence-electron chi connectivity index (χ3n) is 4.66. The van der Waals surface area contributed by atoms with E-state index >= 15 is 0 Å². The van der Waals surface area contributed by atoms with Gasteiger partial charge in [0.05, 0.1) is 24.7 Å². The first-order chi connectivity index (χ1) is 11.5. The summed E-state index contributed by atoms with van der Waals surface area (Å²) < 4.78 is 0. The Labute approximate surface area is 142 Å². The van der Waals surface area contributed by atoms with E-state index in [1.54, 1.807) is 4.90 Å². The van der Waals surface area contributed by atoms with Crippen LogP contribution in [0.5, 0.6) is 0 Å². The van der Waals surface area contributed by atoms with Gasteiger partial charge < -0.3 is 20.4 Å². The van der Waals surface area contributed by atoms with Gasteiger partial charge in [0.1, 0.15) is 0 Å². The average Bonchev–Trinajstić information content (AvgIpc) is 2.84. The van der Waals surface area contributed by atoms with E-state index in [1.165, 1.54) is 0 Å². The molecule has 3 N–H and O–H groups in total. The summed E-state index contributed by atoms with van der Waals surface area (Å²) in [5.74, 6) is -0.766. The number of aliphatic hydroxyl groups is 1. The average molecular weight is 334 g/mol. The van der Waals surface area contributed by atoms with Crippen molar-refractivity contribution < 1.29 is 19.8 Å². The van der Waals surface area contributed by atoms with Crippen LogP contribution >= 0.6 is 0 Å². The van der Waals surface area contributed by atoms with Gasteiger partial charge in [-0.15, -0.1) is 0 Å². The molecule has 0 aliphatic carbocycles. The molecular weight excluding hydrogens is 308 g/mol. The van der Waals surface area contributed by atoms with E-state index in [1.807, 2.05) is 37.3 Å². The fourth-order valence-electron chi connectivity index (χ4n) is 3.32. The molecule has 24 heavy (non-hydrogen) atoms. The van der Waals surface area contributed by atoms with Crippen molar-refractivity contribution in [1.82, 2.24) is 10.2 Å². The Kier molecular flexibility index (Phi) is 6.61. The highest BCUT2D eigenvalue weighted by atomic mass is 16.4. The van der Waals surface area contributed by atoms with Gasteiger partial charge in [0.15, 0.2) is 0 Å². The molecule has 0 unspecified atom stereocenters. The van der Waals surface area contributed by atoms with Crippen LogP contribution in [0.4, 0.5) is 4.79 Å². The number of rotatable bonds is 9. The van der Waals surface area contributed by atoms with Crippen molar-refractivity contribution in [2.75, 3.05) is 6.61 Å². The number of nitrogens with zero attached hydrogens (tertiary/aromatic N) is 1. The zero-order valence-corrected chi connectivity index (χ0v) is 14.0. The molecule has 1 aromatic rings. The van der Waals surface area contributed by atoms with Gasteiger partial charge in [-0.2, -0.15) is 0 Å². The summed E-state index contributed by atoms with van der Waals surface area (Å²) in [4.78, 5) is 24.6. The number of aliphatic carboxylic acids is 1. The summed E-state index contributed by atoms with van der Waals surface area (Å²) in [6.45, 7) is 1.87. The number of aliphatic hydroxyl groups excluding tert-OH is 1. The lowest BCUT2D eigenvalue weighted by Crippen LogP contribution is -2.39. The highest BCUT2D eigenvalue weighted by Gasteiger charge is 2.40. The van der Waals surface area contributed by atoms with Crippen molar-refractivity contribution in [1.29, 1.82) is 0 Å². The van der Waals surface area contributed by atoms with E-state index in [0.717, 1.165) is 24.8 Å². The van der Waals surface area contributed by atoms with Crippen molar-refractivity contribution in [2.24, 2.45) is 0 Å². The maximum atomic E-state index is 12.4. The Balaban J connectivity index is 1.93. The Morgan fingerprint density at radius 3 is 2.58 bits per heavy atom. The lowest BCUT2D eigenvalue weighted by Gasteiger charge is -2.30. The van der Waals surface area contributed by atoms with Crippen LogP contribution in [0.15, 0.2) is 30.3 Å². The van der Waals surface area contributed by atoms with Crippen LogP contribution in [0, 0.1) is 0 Å². The van der Waals surface area contributed by atoms with Crippen molar-refractivity contribution in [2.45, 2.75) is 57.2 Å². The molecule has 1 aliphatic heterocycles. The molecule has 0 radical (unpaired) electrons. The van der Waals surface area contributed by atoms with Crippen LogP contribution < -0.4 is 5.32 Å². The molecular formula is C18H26N2O4. The number of carboxylic acids is 1. The maximum absolute atomic E-state index is 12.4. The van der Waals surface area contributed by atoms with Crippen LogP contribution in [-0.2, 0) is 4.79 Å². The molecule has 1 heterocycles. The van der Waals surface area contributed by atoms with E-state index < -0.39 is 5.97 Å². The number of carbonyl (C=O) groups is 2. The van der Waals surface area contributed by atoms with Crippen LogP contribution in [0.25, 0.3) is 0 Å². The maximum Gasteiger partial charge on any atom is 0.318 e. The van der Waals surface area contributed by atoms with Crippen molar-refractivity contribution >= 4 is 12.0 Å². The molecule has 1 aromatic carbocycles. The smallest absolute Gasteiger partial charge is 0.318 e. The van der Waals surface area contributed by atoms with E-state index in [0.29, 0.717) is 6.42 Å². The van der Waals surface area contributed by atoms with E-state index in [9.17, 15) is 14.7 Å². The second kappa shape index (κ2) is 8.68. The minimum Gasteiger partial charge on any atom is -0.481 e. The van der Waals surface area contributed by atoms with Crippen LogP contribution in [0.3, 0.4) is 0 Å². The van der Waals surface area contributed by atoms with Crippen LogP contribution in [0.2, 0.25) is 0 Å². The highest BCUT2D eigenvalue weighted by Crippen LogP contribution is 2.29. The van der Waals surface area contributed by atoms with Crippen LogP contribution in [0.1, 0.15) is 50.6 Å². The monoisotopic (exact) mass is 334 g/mol.